The van der Waals surface area contributed by atoms with Gasteiger partial charge in [-0.2, -0.15) is 0 Å². The molecule has 152 valence electrons. The Morgan fingerprint density at radius 3 is 2.61 bits per heavy atom. The number of carbonyl (C=O) groups excluding carboxylic acids is 1. The summed E-state index contributed by atoms with van der Waals surface area (Å²) >= 11 is 1.21. The predicted molar refractivity (Wildman–Crippen MR) is 109 cm³/mol. The van der Waals surface area contributed by atoms with E-state index in [-0.39, 0.29) is 5.91 Å². The summed E-state index contributed by atoms with van der Waals surface area (Å²) in [5.41, 5.74) is 1.04. The highest BCUT2D eigenvalue weighted by Gasteiger charge is 2.23. The summed E-state index contributed by atoms with van der Waals surface area (Å²) in [4.78, 5) is 21.0. The summed E-state index contributed by atoms with van der Waals surface area (Å²) < 4.78 is 26.4. The number of amides is 1. The molecule has 1 saturated heterocycles. The Morgan fingerprint density at radius 2 is 1.96 bits per heavy atom. The van der Waals surface area contributed by atoms with Gasteiger partial charge in [0.2, 0.25) is 5.91 Å². The first kappa shape index (κ1) is 20.9. The molecule has 0 saturated carbocycles. The summed E-state index contributed by atoms with van der Waals surface area (Å²) in [7, 11) is -1.88. The van der Waals surface area contributed by atoms with Gasteiger partial charge < -0.3 is 4.90 Å². The molecule has 2 aromatic heterocycles. The molecule has 1 amide bonds. The number of thiophene rings is 1. The number of hydrogen-bond donors (Lipinski definition) is 0. The molecule has 0 N–H and O–H groups in total. The van der Waals surface area contributed by atoms with Gasteiger partial charge >= 0.3 is 0 Å². The van der Waals surface area contributed by atoms with Crippen LogP contribution in [-0.4, -0.2) is 73.2 Å². The monoisotopic (exact) mass is 422 g/mol. The van der Waals surface area contributed by atoms with E-state index in [0.29, 0.717) is 36.7 Å². The normalized spacial score (nSPS) is 15.9. The Hall–Kier alpha value is -1.81. The van der Waals surface area contributed by atoms with Gasteiger partial charge in [-0.15, -0.1) is 11.3 Å². The maximum absolute atomic E-state index is 12.5. The van der Waals surface area contributed by atoms with Crippen molar-refractivity contribution in [2.75, 3.05) is 39.8 Å². The van der Waals surface area contributed by atoms with Crippen LogP contribution >= 0.6 is 11.3 Å². The van der Waals surface area contributed by atoms with E-state index in [0.717, 1.165) is 25.3 Å². The van der Waals surface area contributed by atoms with Gasteiger partial charge in [0, 0.05) is 58.9 Å². The van der Waals surface area contributed by atoms with Crippen molar-refractivity contribution in [2.45, 2.75) is 23.6 Å². The lowest BCUT2D eigenvalue weighted by molar-refractivity contribution is -0.133. The van der Waals surface area contributed by atoms with Crippen LogP contribution in [0.25, 0.3) is 0 Å². The highest BCUT2D eigenvalue weighted by molar-refractivity contribution is 7.91. The Balaban J connectivity index is 1.39. The van der Waals surface area contributed by atoms with Crippen molar-refractivity contribution >= 4 is 27.3 Å². The van der Waals surface area contributed by atoms with E-state index in [1.807, 2.05) is 23.1 Å². The summed E-state index contributed by atoms with van der Waals surface area (Å²) in [6.45, 7) is 4.20. The smallest absolute Gasteiger partial charge is 0.252 e. The standard InChI is InChI=1S/C19H26N4O3S2/c1-21(28(25,26)19-8-5-15-27-19)10-4-7-18(24)23-13-11-22(12-14-23)16-17-6-2-3-9-20-17/h2-3,5-6,8-9,15H,4,7,10-14,16H2,1H3. The third-order valence-electron chi connectivity index (χ3n) is 4.86. The fraction of sp³-hybridized carbons (Fsp3) is 0.474. The molecule has 1 aliphatic rings. The van der Waals surface area contributed by atoms with Crippen molar-refractivity contribution in [3.8, 4) is 0 Å². The van der Waals surface area contributed by atoms with Crippen LogP contribution in [0, 0.1) is 0 Å². The number of hydrogen-bond acceptors (Lipinski definition) is 6. The number of pyridine rings is 1. The number of piperazine rings is 1. The van der Waals surface area contributed by atoms with Gasteiger partial charge in [0.1, 0.15) is 4.21 Å². The first-order valence-electron chi connectivity index (χ1n) is 9.37. The fourth-order valence-corrected chi connectivity index (χ4v) is 5.58. The number of sulfonamides is 1. The van der Waals surface area contributed by atoms with Crippen molar-refractivity contribution in [2.24, 2.45) is 0 Å². The van der Waals surface area contributed by atoms with Crippen LogP contribution in [-0.2, 0) is 21.4 Å². The van der Waals surface area contributed by atoms with Gasteiger partial charge in [-0.25, -0.2) is 12.7 Å². The molecule has 0 spiro atoms. The first-order chi connectivity index (χ1) is 13.5. The predicted octanol–water partition coefficient (Wildman–Crippen LogP) is 1.89. The molecule has 1 aliphatic heterocycles. The molecule has 9 heteroatoms. The third-order valence-corrected chi connectivity index (χ3v) is 8.09. The van der Waals surface area contributed by atoms with E-state index in [4.69, 9.17) is 0 Å². The molecule has 0 radical (unpaired) electrons. The lowest BCUT2D eigenvalue weighted by Crippen LogP contribution is -2.48. The molecule has 0 aromatic carbocycles. The van der Waals surface area contributed by atoms with Crippen LogP contribution in [0.1, 0.15) is 18.5 Å². The molecule has 1 fully saturated rings. The first-order valence-corrected chi connectivity index (χ1v) is 11.7. The highest BCUT2D eigenvalue weighted by Crippen LogP contribution is 2.20. The minimum Gasteiger partial charge on any atom is -0.340 e. The lowest BCUT2D eigenvalue weighted by Gasteiger charge is -2.34. The topological polar surface area (TPSA) is 73.8 Å². The molecular weight excluding hydrogens is 396 g/mol. The number of nitrogens with zero attached hydrogens (tertiary/aromatic N) is 4. The van der Waals surface area contributed by atoms with E-state index in [2.05, 4.69) is 9.88 Å². The van der Waals surface area contributed by atoms with E-state index < -0.39 is 10.0 Å². The van der Waals surface area contributed by atoms with E-state index in [1.54, 1.807) is 30.8 Å². The second kappa shape index (κ2) is 9.60. The van der Waals surface area contributed by atoms with Crippen LogP contribution in [0.5, 0.6) is 0 Å². The van der Waals surface area contributed by atoms with Crippen molar-refractivity contribution < 1.29 is 13.2 Å². The van der Waals surface area contributed by atoms with Gasteiger partial charge in [0.05, 0.1) is 5.69 Å². The van der Waals surface area contributed by atoms with Crippen LogP contribution in [0.2, 0.25) is 0 Å². The molecule has 28 heavy (non-hydrogen) atoms. The Bertz CT molecular complexity index is 849. The van der Waals surface area contributed by atoms with Gasteiger partial charge in [-0.3, -0.25) is 14.7 Å². The fourth-order valence-electron chi connectivity index (χ4n) is 3.17. The maximum atomic E-state index is 12.5. The number of carbonyl (C=O) groups is 1. The molecule has 3 heterocycles. The summed E-state index contributed by atoms with van der Waals surface area (Å²) in [6.07, 6.45) is 2.68. The van der Waals surface area contributed by atoms with E-state index >= 15 is 0 Å². The maximum Gasteiger partial charge on any atom is 0.252 e. The zero-order chi connectivity index (χ0) is 20.0. The molecular formula is C19H26N4O3S2. The molecule has 3 rings (SSSR count). The zero-order valence-corrected chi connectivity index (χ0v) is 17.7. The Morgan fingerprint density at radius 1 is 1.18 bits per heavy atom. The van der Waals surface area contributed by atoms with Crippen LogP contribution in [0.4, 0.5) is 0 Å². The van der Waals surface area contributed by atoms with Crippen LogP contribution in [0.15, 0.2) is 46.1 Å². The van der Waals surface area contributed by atoms with Crippen molar-refractivity contribution in [1.29, 1.82) is 0 Å². The zero-order valence-electron chi connectivity index (χ0n) is 16.0. The second-order valence-electron chi connectivity index (χ2n) is 6.84. The quantitative estimate of drug-likeness (QED) is 0.650. The average molecular weight is 423 g/mol. The van der Waals surface area contributed by atoms with Crippen LogP contribution < -0.4 is 0 Å². The minimum atomic E-state index is -3.44. The lowest BCUT2D eigenvalue weighted by atomic mass is 10.2. The van der Waals surface area contributed by atoms with Gasteiger partial charge in [0.15, 0.2) is 0 Å². The average Bonchev–Trinajstić information content (AvgIpc) is 3.25. The van der Waals surface area contributed by atoms with Crippen molar-refractivity contribution in [3.05, 3.63) is 47.6 Å². The third kappa shape index (κ3) is 5.38. The van der Waals surface area contributed by atoms with Gasteiger partial charge in [-0.1, -0.05) is 12.1 Å². The summed E-state index contributed by atoms with van der Waals surface area (Å²) in [5, 5.41) is 1.75. The SMILES string of the molecule is CN(CCCC(=O)N1CCN(Cc2ccccn2)CC1)S(=O)(=O)c1cccs1. The second-order valence-corrected chi connectivity index (χ2v) is 10.1. The van der Waals surface area contributed by atoms with E-state index in [1.165, 1.54) is 15.6 Å². The Labute approximate surface area is 170 Å². The van der Waals surface area contributed by atoms with Crippen LogP contribution in [0.3, 0.4) is 0 Å². The molecule has 0 bridgehead atoms. The van der Waals surface area contributed by atoms with Gasteiger partial charge in [-0.05, 0) is 30.0 Å². The summed E-state index contributed by atoms with van der Waals surface area (Å²) in [5.74, 6) is 0.0967. The minimum absolute atomic E-state index is 0.0967. The molecule has 2 aromatic rings. The highest BCUT2D eigenvalue weighted by atomic mass is 32.2. The Kier molecular flexibility index (Phi) is 7.17. The largest absolute Gasteiger partial charge is 0.340 e. The number of aromatic nitrogens is 1. The molecule has 0 aliphatic carbocycles. The molecule has 7 nitrogen and oxygen atoms in total. The van der Waals surface area contributed by atoms with Crippen molar-refractivity contribution in [3.63, 3.8) is 0 Å². The summed E-state index contributed by atoms with van der Waals surface area (Å²) in [6, 6.07) is 9.23. The molecule has 0 unspecified atom stereocenters. The van der Waals surface area contributed by atoms with Crippen molar-refractivity contribution in [1.82, 2.24) is 19.1 Å². The number of rotatable bonds is 8. The van der Waals surface area contributed by atoms with E-state index in [9.17, 15) is 13.2 Å². The van der Waals surface area contributed by atoms with Gasteiger partial charge in [0.25, 0.3) is 10.0 Å². The molecule has 0 atom stereocenters.